The highest BCUT2D eigenvalue weighted by Gasteiger charge is 2.09. The first-order valence-corrected chi connectivity index (χ1v) is 7.14. The fourth-order valence-electron chi connectivity index (χ4n) is 2.09. The molecule has 0 aliphatic heterocycles. The Morgan fingerprint density at radius 3 is 2.71 bits per heavy atom. The van der Waals surface area contributed by atoms with Crippen LogP contribution in [0.1, 0.15) is 5.82 Å². The number of fused-ring (bicyclic) bond motifs is 1. The van der Waals surface area contributed by atoms with Crippen LogP contribution in [0, 0.1) is 5.82 Å². The lowest BCUT2D eigenvalue weighted by Gasteiger charge is -2.07. The largest absolute Gasteiger partial charge is 0.479 e. The number of aromatic nitrogens is 2. The number of H-pyrrole nitrogens is 1. The molecule has 0 fully saturated rings. The van der Waals surface area contributed by atoms with Crippen molar-refractivity contribution < 1.29 is 18.7 Å². The molecule has 1 heterocycles. The number of esters is 1. The summed E-state index contributed by atoms with van der Waals surface area (Å²) in [6, 6.07) is 12.6. The van der Waals surface area contributed by atoms with E-state index in [9.17, 15) is 14.0 Å². The molecule has 0 aliphatic rings. The average Bonchev–Trinajstić information content (AvgIpc) is 2.59. The van der Waals surface area contributed by atoms with Gasteiger partial charge in [-0.15, -0.1) is 0 Å². The van der Waals surface area contributed by atoms with Crippen LogP contribution in [0.4, 0.5) is 4.39 Å². The summed E-state index contributed by atoms with van der Waals surface area (Å²) in [5.74, 6) is -1.08. The molecule has 0 atom stereocenters. The van der Waals surface area contributed by atoms with E-state index >= 15 is 0 Å². The molecular weight excluding hydrogens is 315 g/mol. The summed E-state index contributed by atoms with van der Waals surface area (Å²) in [4.78, 5) is 30.3. The van der Waals surface area contributed by atoms with Gasteiger partial charge in [0.25, 0.3) is 5.56 Å². The van der Waals surface area contributed by atoms with E-state index in [0.29, 0.717) is 10.9 Å². The summed E-state index contributed by atoms with van der Waals surface area (Å²) in [6.07, 6.45) is 0. The van der Waals surface area contributed by atoms with Gasteiger partial charge in [-0.05, 0) is 24.3 Å². The highest BCUT2D eigenvalue weighted by atomic mass is 19.1. The van der Waals surface area contributed by atoms with Crippen LogP contribution in [-0.2, 0) is 16.1 Å². The molecule has 0 bridgehead atoms. The Balaban J connectivity index is 1.60. The van der Waals surface area contributed by atoms with Crippen LogP contribution in [0.3, 0.4) is 0 Å². The van der Waals surface area contributed by atoms with Gasteiger partial charge >= 0.3 is 5.97 Å². The first-order chi connectivity index (χ1) is 11.6. The average molecular weight is 328 g/mol. The van der Waals surface area contributed by atoms with Crippen LogP contribution in [0.15, 0.2) is 53.3 Å². The predicted octanol–water partition coefficient (Wildman–Crippen LogP) is 2.18. The zero-order chi connectivity index (χ0) is 16.9. The van der Waals surface area contributed by atoms with Crippen LogP contribution in [0.25, 0.3) is 10.9 Å². The van der Waals surface area contributed by atoms with E-state index in [1.165, 1.54) is 18.2 Å². The Kier molecular flexibility index (Phi) is 4.51. The van der Waals surface area contributed by atoms with Crippen molar-refractivity contribution >= 4 is 16.9 Å². The molecular formula is C17H13FN2O4. The van der Waals surface area contributed by atoms with Crippen molar-refractivity contribution in [1.82, 2.24) is 9.97 Å². The first kappa shape index (κ1) is 15.7. The van der Waals surface area contributed by atoms with E-state index in [0.717, 1.165) is 0 Å². The van der Waals surface area contributed by atoms with E-state index in [2.05, 4.69) is 9.97 Å². The minimum Gasteiger partial charge on any atom is -0.479 e. The second-order valence-corrected chi connectivity index (χ2v) is 4.91. The number of halogens is 1. The zero-order valence-electron chi connectivity index (χ0n) is 12.5. The number of nitrogens with zero attached hydrogens (tertiary/aromatic N) is 1. The molecule has 6 nitrogen and oxygen atoms in total. The molecule has 3 aromatic rings. The number of nitrogens with one attached hydrogen (secondary N) is 1. The third kappa shape index (κ3) is 3.57. The van der Waals surface area contributed by atoms with Crippen LogP contribution >= 0.6 is 0 Å². The summed E-state index contributed by atoms with van der Waals surface area (Å²) >= 11 is 0. The van der Waals surface area contributed by atoms with Gasteiger partial charge in [0.05, 0.1) is 10.9 Å². The second kappa shape index (κ2) is 6.91. The molecule has 122 valence electrons. The number of hydrogen-bond donors (Lipinski definition) is 1. The third-order valence-electron chi connectivity index (χ3n) is 3.21. The number of carbonyl (C=O) groups excluding carboxylic acids is 1. The molecule has 0 saturated carbocycles. The molecule has 0 amide bonds. The van der Waals surface area contributed by atoms with Crippen molar-refractivity contribution in [2.24, 2.45) is 0 Å². The van der Waals surface area contributed by atoms with E-state index in [1.54, 1.807) is 30.3 Å². The SMILES string of the molecule is O=C(COc1ccccc1F)OCc1nc2ccccc2c(=O)[nH]1. The maximum Gasteiger partial charge on any atom is 0.344 e. The molecule has 0 spiro atoms. The topological polar surface area (TPSA) is 81.3 Å². The van der Waals surface area contributed by atoms with Crippen molar-refractivity contribution in [3.05, 3.63) is 70.5 Å². The molecule has 1 aromatic heterocycles. The summed E-state index contributed by atoms with van der Waals surface area (Å²) in [5.41, 5.74) is 0.198. The third-order valence-corrected chi connectivity index (χ3v) is 3.21. The molecule has 3 rings (SSSR count). The van der Waals surface area contributed by atoms with E-state index < -0.39 is 18.4 Å². The summed E-state index contributed by atoms with van der Waals surface area (Å²) < 4.78 is 23.4. The van der Waals surface area contributed by atoms with Crippen LogP contribution < -0.4 is 10.3 Å². The summed E-state index contributed by atoms with van der Waals surface area (Å²) in [7, 11) is 0. The van der Waals surface area contributed by atoms with E-state index in [4.69, 9.17) is 9.47 Å². The molecule has 0 saturated heterocycles. The van der Waals surface area contributed by atoms with Crippen LogP contribution in [0.2, 0.25) is 0 Å². The number of para-hydroxylation sites is 2. The minimum atomic E-state index is -0.700. The lowest BCUT2D eigenvalue weighted by atomic mass is 10.2. The van der Waals surface area contributed by atoms with Gasteiger partial charge in [0, 0.05) is 0 Å². The number of benzene rings is 2. The van der Waals surface area contributed by atoms with E-state index in [-0.39, 0.29) is 23.7 Å². The smallest absolute Gasteiger partial charge is 0.344 e. The Labute approximate surface area is 135 Å². The molecule has 0 aliphatic carbocycles. The van der Waals surface area contributed by atoms with Gasteiger partial charge in [-0.1, -0.05) is 24.3 Å². The van der Waals surface area contributed by atoms with Crippen molar-refractivity contribution in [1.29, 1.82) is 0 Å². The molecule has 7 heteroatoms. The van der Waals surface area contributed by atoms with Gasteiger partial charge < -0.3 is 14.5 Å². The number of ether oxygens (including phenoxy) is 2. The maximum absolute atomic E-state index is 13.4. The van der Waals surface area contributed by atoms with Gasteiger partial charge in [0.1, 0.15) is 12.4 Å². The van der Waals surface area contributed by atoms with Crippen molar-refractivity contribution in [2.75, 3.05) is 6.61 Å². The van der Waals surface area contributed by atoms with E-state index in [1.807, 2.05) is 0 Å². The quantitative estimate of drug-likeness (QED) is 0.726. The van der Waals surface area contributed by atoms with Gasteiger partial charge in [-0.2, -0.15) is 0 Å². The lowest BCUT2D eigenvalue weighted by Crippen LogP contribution is -2.18. The fourth-order valence-corrected chi connectivity index (χ4v) is 2.09. The number of rotatable bonds is 5. The monoisotopic (exact) mass is 328 g/mol. The van der Waals surface area contributed by atoms with Crippen LogP contribution in [0.5, 0.6) is 5.75 Å². The zero-order valence-corrected chi connectivity index (χ0v) is 12.5. The summed E-state index contributed by atoms with van der Waals surface area (Å²) in [5, 5.41) is 0.454. The van der Waals surface area contributed by atoms with Gasteiger partial charge in [0.15, 0.2) is 18.2 Å². The maximum atomic E-state index is 13.4. The molecule has 24 heavy (non-hydrogen) atoms. The number of hydrogen-bond acceptors (Lipinski definition) is 5. The minimum absolute atomic E-state index is 0.0355. The highest BCUT2D eigenvalue weighted by molar-refractivity contribution is 5.77. The normalized spacial score (nSPS) is 10.5. The van der Waals surface area contributed by atoms with Crippen LogP contribution in [-0.4, -0.2) is 22.5 Å². The van der Waals surface area contributed by atoms with Gasteiger partial charge in [0.2, 0.25) is 0 Å². The van der Waals surface area contributed by atoms with Crippen molar-refractivity contribution in [3.8, 4) is 5.75 Å². The Bertz CT molecular complexity index is 939. The molecule has 0 radical (unpaired) electrons. The van der Waals surface area contributed by atoms with Gasteiger partial charge in [-0.3, -0.25) is 4.79 Å². The number of aromatic amines is 1. The molecule has 0 unspecified atom stereocenters. The lowest BCUT2D eigenvalue weighted by molar-refractivity contribution is -0.147. The Morgan fingerprint density at radius 1 is 1.12 bits per heavy atom. The first-order valence-electron chi connectivity index (χ1n) is 7.14. The van der Waals surface area contributed by atoms with Gasteiger partial charge in [-0.25, -0.2) is 14.2 Å². The standard InChI is InChI=1S/C17H13FN2O4/c18-12-6-2-4-8-14(12)23-10-16(21)24-9-15-19-13-7-3-1-5-11(13)17(22)20-15/h1-8H,9-10H2,(H,19,20,22). The molecule has 1 N–H and O–H groups in total. The van der Waals surface area contributed by atoms with Crippen molar-refractivity contribution in [3.63, 3.8) is 0 Å². The fraction of sp³-hybridized carbons (Fsp3) is 0.118. The Morgan fingerprint density at radius 2 is 1.88 bits per heavy atom. The highest BCUT2D eigenvalue weighted by Crippen LogP contribution is 2.15. The summed E-state index contributed by atoms with van der Waals surface area (Å²) in [6.45, 7) is -0.654. The molecule has 2 aromatic carbocycles. The number of carbonyl (C=O) groups is 1. The Hall–Kier alpha value is -3.22. The van der Waals surface area contributed by atoms with Crippen molar-refractivity contribution in [2.45, 2.75) is 6.61 Å². The predicted molar refractivity (Wildman–Crippen MR) is 84.1 cm³/mol. The second-order valence-electron chi connectivity index (χ2n) is 4.91.